The van der Waals surface area contributed by atoms with Crippen LogP contribution in [-0.4, -0.2) is 59.3 Å². The number of nitrogens with zero attached hydrogens (tertiary/aromatic N) is 4. The summed E-state index contributed by atoms with van der Waals surface area (Å²) in [4.78, 5) is 43.8. The molecule has 1 aromatic carbocycles. The first kappa shape index (κ1) is 23.3. The van der Waals surface area contributed by atoms with E-state index in [1.54, 1.807) is 4.57 Å². The van der Waals surface area contributed by atoms with Gasteiger partial charge in [-0.3, -0.25) is 18.7 Å². The molecular formula is C25H34N4O4. The second-order valence-corrected chi connectivity index (χ2v) is 9.40. The van der Waals surface area contributed by atoms with Crippen LogP contribution in [0, 0.1) is 18.8 Å². The summed E-state index contributed by atoms with van der Waals surface area (Å²) in [5.74, 6) is 0.325. The second kappa shape index (κ2) is 9.95. The minimum Gasteiger partial charge on any atom is -0.378 e. The Labute approximate surface area is 194 Å². The highest BCUT2D eigenvalue weighted by Gasteiger charge is 2.31. The number of aromatic nitrogens is 2. The van der Waals surface area contributed by atoms with Crippen molar-refractivity contribution in [3.8, 4) is 5.69 Å². The molecule has 8 heteroatoms. The average Bonchev–Trinajstić information content (AvgIpc) is 2.83. The maximum atomic E-state index is 13.5. The van der Waals surface area contributed by atoms with Gasteiger partial charge in [-0.15, -0.1) is 0 Å². The number of carbonyl (C=O) groups is 1. The molecule has 4 rings (SSSR count). The van der Waals surface area contributed by atoms with E-state index in [0.717, 1.165) is 5.69 Å². The largest absolute Gasteiger partial charge is 0.378 e. The number of ether oxygens (including phenoxy) is 1. The van der Waals surface area contributed by atoms with Gasteiger partial charge in [0.05, 0.1) is 24.6 Å². The average molecular weight is 455 g/mol. The van der Waals surface area contributed by atoms with Crippen LogP contribution < -0.4 is 16.1 Å². The third kappa shape index (κ3) is 4.76. The molecule has 8 nitrogen and oxygen atoms in total. The molecule has 2 aliphatic heterocycles. The van der Waals surface area contributed by atoms with Gasteiger partial charge in [0.2, 0.25) is 5.91 Å². The van der Waals surface area contributed by atoms with E-state index in [9.17, 15) is 14.4 Å². The van der Waals surface area contributed by atoms with E-state index < -0.39 is 0 Å². The third-order valence-electron chi connectivity index (χ3n) is 6.59. The van der Waals surface area contributed by atoms with E-state index in [2.05, 4.69) is 4.90 Å². The van der Waals surface area contributed by atoms with Crippen molar-refractivity contribution in [3.63, 3.8) is 0 Å². The van der Waals surface area contributed by atoms with Gasteiger partial charge in [0.15, 0.2) is 0 Å². The molecule has 2 aliphatic rings. The Kier molecular flexibility index (Phi) is 7.02. The van der Waals surface area contributed by atoms with Gasteiger partial charge in [-0.25, -0.2) is 4.79 Å². The number of carbonyl (C=O) groups excluding carboxylic acids is 1. The third-order valence-corrected chi connectivity index (χ3v) is 6.59. The molecule has 178 valence electrons. The van der Waals surface area contributed by atoms with Crippen molar-refractivity contribution >= 4 is 11.6 Å². The van der Waals surface area contributed by atoms with Crippen LogP contribution in [0.3, 0.4) is 0 Å². The van der Waals surface area contributed by atoms with Crippen molar-refractivity contribution in [2.24, 2.45) is 11.8 Å². The van der Waals surface area contributed by atoms with E-state index in [-0.39, 0.29) is 29.0 Å². The molecule has 0 unspecified atom stereocenters. The Hall–Kier alpha value is -2.87. The topological polar surface area (TPSA) is 76.8 Å². The van der Waals surface area contributed by atoms with Crippen LogP contribution in [0.25, 0.3) is 5.69 Å². The monoisotopic (exact) mass is 454 g/mol. The Morgan fingerprint density at radius 3 is 2.27 bits per heavy atom. The van der Waals surface area contributed by atoms with Gasteiger partial charge in [0.1, 0.15) is 5.69 Å². The number of rotatable bonds is 5. The lowest BCUT2D eigenvalue weighted by atomic mass is 9.94. The number of anilines is 1. The molecule has 1 amide bonds. The maximum Gasteiger partial charge on any atom is 0.335 e. The summed E-state index contributed by atoms with van der Waals surface area (Å²) < 4.78 is 8.38. The van der Waals surface area contributed by atoms with Gasteiger partial charge in [0, 0.05) is 38.6 Å². The predicted octanol–water partition coefficient (Wildman–Crippen LogP) is 2.04. The van der Waals surface area contributed by atoms with Crippen LogP contribution in [0.1, 0.15) is 32.4 Å². The number of benzene rings is 1. The zero-order chi connectivity index (χ0) is 23.5. The summed E-state index contributed by atoms with van der Waals surface area (Å²) in [6.07, 6.45) is 1.40. The highest BCUT2D eigenvalue weighted by molar-refractivity contribution is 5.79. The van der Waals surface area contributed by atoms with Crippen LogP contribution in [-0.2, 0) is 16.1 Å². The molecule has 2 saturated heterocycles. The number of morpholine rings is 1. The summed E-state index contributed by atoms with van der Waals surface area (Å²) in [7, 11) is 0. The van der Waals surface area contributed by atoms with Crippen molar-refractivity contribution in [2.75, 3.05) is 44.3 Å². The lowest BCUT2D eigenvalue weighted by Crippen LogP contribution is -2.49. The van der Waals surface area contributed by atoms with Crippen LogP contribution in [0.15, 0.2) is 39.9 Å². The molecule has 2 aromatic rings. The molecular weight excluding hydrogens is 420 g/mol. The van der Waals surface area contributed by atoms with Gasteiger partial charge in [0.25, 0.3) is 5.56 Å². The smallest absolute Gasteiger partial charge is 0.335 e. The number of piperidine rings is 1. The minimum atomic E-state index is -0.307. The van der Waals surface area contributed by atoms with Crippen molar-refractivity contribution in [2.45, 2.75) is 40.2 Å². The zero-order valence-electron chi connectivity index (χ0n) is 19.8. The Balaban J connectivity index is 1.66. The van der Waals surface area contributed by atoms with Crippen molar-refractivity contribution in [3.05, 3.63) is 56.9 Å². The van der Waals surface area contributed by atoms with E-state index in [1.807, 2.05) is 56.0 Å². The zero-order valence-corrected chi connectivity index (χ0v) is 19.8. The number of hydrogen-bond acceptors (Lipinski definition) is 5. The molecule has 0 N–H and O–H groups in total. The van der Waals surface area contributed by atoms with E-state index in [1.165, 1.54) is 4.57 Å². The molecule has 0 spiro atoms. The van der Waals surface area contributed by atoms with E-state index in [0.29, 0.717) is 70.2 Å². The van der Waals surface area contributed by atoms with Crippen molar-refractivity contribution in [1.82, 2.24) is 14.0 Å². The first-order chi connectivity index (χ1) is 15.9. The maximum absolute atomic E-state index is 13.5. The molecule has 1 aromatic heterocycles. The van der Waals surface area contributed by atoms with Gasteiger partial charge in [-0.2, -0.15) is 0 Å². The van der Waals surface area contributed by atoms with Gasteiger partial charge < -0.3 is 14.5 Å². The molecule has 0 bridgehead atoms. The highest BCUT2D eigenvalue weighted by atomic mass is 16.5. The summed E-state index contributed by atoms with van der Waals surface area (Å²) in [6, 6.07) is 9.46. The van der Waals surface area contributed by atoms with Crippen LogP contribution in [0.4, 0.5) is 5.69 Å². The van der Waals surface area contributed by atoms with Crippen molar-refractivity contribution < 1.29 is 9.53 Å². The normalized spacial score (nSPS) is 17.6. The molecule has 3 heterocycles. The molecule has 2 fully saturated rings. The molecule has 0 radical (unpaired) electrons. The quantitative estimate of drug-likeness (QED) is 0.691. The first-order valence-electron chi connectivity index (χ1n) is 11.9. The Bertz CT molecular complexity index is 1090. The lowest BCUT2D eigenvalue weighted by Gasteiger charge is -2.37. The Morgan fingerprint density at radius 1 is 1.03 bits per heavy atom. The second-order valence-electron chi connectivity index (χ2n) is 9.40. The molecule has 33 heavy (non-hydrogen) atoms. The lowest BCUT2D eigenvalue weighted by molar-refractivity contribution is -0.140. The first-order valence-corrected chi connectivity index (χ1v) is 11.9. The number of amides is 1. The molecule has 0 aliphatic carbocycles. The van der Waals surface area contributed by atoms with E-state index >= 15 is 0 Å². The molecule has 0 atom stereocenters. The fourth-order valence-corrected chi connectivity index (χ4v) is 4.90. The summed E-state index contributed by atoms with van der Waals surface area (Å²) >= 11 is 0. The molecule has 0 saturated carbocycles. The predicted molar refractivity (Wildman–Crippen MR) is 128 cm³/mol. The summed E-state index contributed by atoms with van der Waals surface area (Å²) in [5, 5.41) is 0. The number of para-hydroxylation sites is 1. The SMILES string of the molecule is Cc1c(N2CCC(C(=O)N3CCOCC3)CC2)c(=O)n(CC(C)C)c(=O)n1-c1ccccc1. The number of hydrogen-bond donors (Lipinski definition) is 0. The van der Waals surface area contributed by atoms with Crippen molar-refractivity contribution in [1.29, 1.82) is 0 Å². The standard InChI is InChI=1S/C25H34N4O4/c1-18(2)17-28-24(31)22(19(3)29(25(28)32)21-7-5-4-6-8-21)26-11-9-20(10-12-26)23(30)27-13-15-33-16-14-27/h4-8,18,20H,9-17H2,1-3H3. The summed E-state index contributed by atoms with van der Waals surface area (Å²) in [6.45, 7) is 9.94. The minimum absolute atomic E-state index is 0.0300. The van der Waals surface area contributed by atoms with Gasteiger partial charge in [-0.05, 0) is 37.8 Å². The van der Waals surface area contributed by atoms with E-state index in [4.69, 9.17) is 4.74 Å². The van der Waals surface area contributed by atoms with Gasteiger partial charge >= 0.3 is 5.69 Å². The fraction of sp³-hybridized carbons (Fsp3) is 0.560. The van der Waals surface area contributed by atoms with Crippen LogP contribution >= 0.6 is 0 Å². The summed E-state index contributed by atoms with van der Waals surface area (Å²) in [5.41, 5.74) is 1.41. The highest BCUT2D eigenvalue weighted by Crippen LogP contribution is 2.26. The fourth-order valence-electron chi connectivity index (χ4n) is 4.90. The van der Waals surface area contributed by atoms with Crippen LogP contribution in [0.5, 0.6) is 0 Å². The Morgan fingerprint density at radius 2 is 1.67 bits per heavy atom. The van der Waals surface area contributed by atoms with Crippen LogP contribution in [0.2, 0.25) is 0 Å². The van der Waals surface area contributed by atoms with Gasteiger partial charge in [-0.1, -0.05) is 32.0 Å².